The van der Waals surface area contributed by atoms with Crippen molar-refractivity contribution in [1.82, 2.24) is 14.9 Å². The fourth-order valence-electron chi connectivity index (χ4n) is 5.94. The van der Waals surface area contributed by atoms with Gasteiger partial charge in [-0.15, -0.1) is 21.2 Å². The van der Waals surface area contributed by atoms with Crippen molar-refractivity contribution < 1.29 is 41.3 Å². The summed E-state index contributed by atoms with van der Waals surface area (Å²) in [5.41, 5.74) is 2.46. The molecule has 3 heterocycles. The summed E-state index contributed by atoms with van der Waals surface area (Å²) in [4.78, 5) is 2.61. The van der Waals surface area contributed by atoms with E-state index in [4.69, 9.17) is 14.2 Å². The number of phenols is 2. The third kappa shape index (κ3) is 9.89. The van der Waals surface area contributed by atoms with Gasteiger partial charge < -0.3 is 24.4 Å². The predicted octanol–water partition coefficient (Wildman–Crippen LogP) is 4.15. The Morgan fingerprint density at radius 3 is 1.67 bits per heavy atom. The molecular formula is C38H42ClN7O9S2. The second-order valence-electron chi connectivity index (χ2n) is 12.4. The first kappa shape index (κ1) is 42.6. The molecule has 57 heavy (non-hydrogen) atoms. The number of amidine groups is 2. The Morgan fingerprint density at radius 1 is 0.737 bits per heavy atom. The van der Waals surface area contributed by atoms with Crippen LogP contribution in [-0.4, -0.2) is 126 Å². The molecule has 0 amide bonds. The minimum Gasteiger partial charge on any atom is -0.504 e. The van der Waals surface area contributed by atoms with Crippen molar-refractivity contribution in [3.8, 4) is 23.0 Å². The quantitative estimate of drug-likeness (QED) is 0.171. The van der Waals surface area contributed by atoms with Crippen LogP contribution in [-0.2, 0) is 24.8 Å². The summed E-state index contributed by atoms with van der Waals surface area (Å²) in [6.07, 6.45) is 3.15. The number of aromatic hydroxyl groups is 2. The first-order chi connectivity index (χ1) is 26.9. The summed E-state index contributed by atoms with van der Waals surface area (Å²) in [6, 6.07) is 23.1. The van der Waals surface area contributed by atoms with E-state index in [1.165, 1.54) is 37.4 Å². The molecule has 0 atom stereocenters. The number of sulfonamides is 2. The lowest BCUT2D eigenvalue weighted by atomic mass is 10.2. The van der Waals surface area contributed by atoms with Crippen LogP contribution in [0, 0.1) is 0 Å². The highest BCUT2D eigenvalue weighted by molar-refractivity contribution is 7.91. The van der Waals surface area contributed by atoms with E-state index in [0.29, 0.717) is 78.3 Å². The van der Waals surface area contributed by atoms with Crippen LogP contribution in [0.25, 0.3) is 0 Å². The van der Waals surface area contributed by atoms with Crippen molar-refractivity contribution in [3.05, 3.63) is 107 Å². The maximum atomic E-state index is 12.5. The van der Waals surface area contributed by atoms with Gasteiger partial charge in [0, 0.05) is 37.3 Å². The number of rotatable bonds is 10. The van der Waals surface area contributed by atoms with E-state index in [0.717, 1.165) is 13.1 Å². The Balaban J connectivity index is 0.000000219. The molecule has 19 heteroatoms. The number of hydrogen-bond donors (Lipinski definition) is 2. The minimum atomic E-state index is -3.76. The van der Waals surface area contributed by atoms with Crippen LogP contribution in [0.3, 0.4) is 0 Å². The van der Waals surface area contributed by atoms with Crippen molar-refractivity contribution in [1.29, 1.82) is 0 Å². The lowest BCUT2D eigenvalue weighted by molar-refractivity contribution is 0.0360. The number of hydrazone groups is 2. The summed E-state index contributed by atoms with van der Waals surface area (Å²) in [5, 5.41) is 31.4. The third-order valence-corrected chi connectivity index (χ3v) is 11.5. The third-order valence-electron chi connectivity index (χ3n) is 8.85. The van der Waals surface area contributed by atoms with Crippen molar-refractivity contribution in [2.45, 2.75) is 16.7 Å². The zero-order valence-corrected chi connectivity index (χ0v) is 33.7. The number of morpholine rings is 1. The average molecular weight is 840 g/mol. The van der Waals surface area contributed by atoms with Gasteiger partial charge in [-0.05, 0) is 78.7 Å². The summed E-state index contributed by atoms with van der Waals surface area (Å²) in [7, 11) is -4.51. The van der Waals surface area contributed by atoms with E-state index in [-0.39, 0.29) is 33.7 Å². The standard InChI is InChI=1S/C21H24N4O5S.C17H17N3O4S.ClH/c1-29-19-14-16(6-7-18(19)26)15-22-25(9-8-24-10-12-30-13-11-24)21-17-4-2-3-5-20(17)31(27,28)23-21;1-3-20(18-11-12-8-9-14(21)15(10-12)24-2)17-13-6-4-5-7-16(13)25(22,23)19-17;/h2-7,14-15,26H,8-13H2,1H3;4-11,21H,3H2,1-2H3;1H/b22-15+;18-11+;. The molecule has 2 N–H and O–H groups in total. The van der Waals surface area contributed by atoms with E-state index < -0.39 is 20.0 Å². The summed E-state index contributed by atoms with van der Waals surface area (Å²) < 4.78 is 72.9. The Kier molecular flexibility index (Phi) is 13.9. The molecule has 302 valence electrons. The van der Waals surface area contributed by atoms with Gasteiger partial charge in [-0.25, -0.2) is 10.0 Å². The van der Waals surface area contributed by atoms with E-state index >= 15 is 0 Å². The molecule has 4 aromatic rings. The smallest absolute Gasteiger partial charge is 0.285 e. The topological polar surface area (TPSA) is 196 Å². The molecule has 1 fully saturated rings. The number of ether oxygens (including phenoxy) is 3. The number of nitrogens with zero attached hydrogens (tertiary/aromatic N) is 7. The van der Waals surface area contributed by atoms with Crippen molar-refractivity contribution in [3.63, 3.8) is 0 Å². The van der Waals surface area contributed by atoms with Gasteiger partial charge in [-0.3, -0.25) is 4.90 Å². The van der Waals surface area contributed by atoms with Gasteiger partial charge in [0.1, 0.15) is 9.79 Å². The molecule has 3 aliphatic rings. The number of phenolic OH excluding ortho intramolecular Hbond substituents is 2. The molecule has 0 aromatic heterocycles. The van der Waals surface area contributed by atoms with E-state index in [1.807, 2.05) is 6.92 Å². The Hall–Kier alpha value is -5.53. The summed E-state index contributed by atoms with van der Waals surface area (Å²) >= 11 is 0. The Morgan fingerprint density at radius 2 is 1.19 bits per heavy atom. The molecule has 0 aliphatic carbocycles. The number of halogens is 1. The van der Waals surface area contributed by atoms with E-state index in [1.54, 1.807) is 84.2 Å². The van der Waals surface area contributed by atoms with Crippen LogP contribution in [0.2, 0.25) is 0 Å². The molecule has 0 unspecified atom stereocenters. The number of hydrogen-bond acceptors (Lipinski definition) is 14. The van der Waals surface area contributed by atoms with Gasteiger partial charge >= 0.3 is 0 Å². The normalized spacial score (nSPS) is 16.4. The largest absolute Gasteiger partial charge is 0.504 e. The van der Waals surface area contributed by atoms with Crippen molar-refractivity contribution in [2.24, 2.45) is 19.0 Å². The van der Waals surface area contributed by atoms with Crippen LogP contribution in [0.1, 0.15) is 29.2 Å². The zero-order valence-electron chi connectivity index (χ0n) is 31.3. The predicted molar refractivity (Wildman–Crippen MR) is 218 cm³/mol. The number of fused-ring (bicyclic) bond motifs is 2. The molecule has 16 nitrogen and oxygen atoms in total. The molecule has 0 bridgehead atoms. The lowest BCUT2D eigenvalue weighted by Gasteiger charge is -2.28. The molecular weight excluding hydrogens is 798 g/mol. The van der Waals surface area contributed by atoms with Gasteiger partial charge in [0.15, 0.2) is 34.7 Å². The fraction of sp³-hybridized carbons (Fsp3) is 0.263. The van der Waals surface area contributed by atoms with Crippen LogP contribution in [0.5, 0.6) is 23.0 Å². The highest BCUT2D eigenvalue weighted by Gasteiger charge is 2.33. The fourth-order valence-corrected chi connectivity index (χ4v) is 8.35. The molecule has 0 radical (unpaired) electrons. The van der Waals surface area contributed by atoms with Gasteiger partial charge in [-0.1, -0.05) is 24.3 Å². The van der Waals surface area contributed by atoms with Crippen molar-refractivity contribution in [2.75, 3.05) is 60.2 Å². The SMILES string of the molecule is CCN(/N=C/c1ccc(O)c(OC)c1)C1=NS(=O)(=O)c2ccccc21.COc1cc(/C=N/N(CCN2CCOCC2)C2=NS(=O)(=O)c3ccccc32)ccc1O.Cl. The van der Waals surface area contributed by atoms with Crippen LogP contribution in [0.15, 0.2) is 114 Å². The van der Waals surface area contributed by atoms with Crippen LogP contribution in [0.4, 0.5) is 0 Å². The minimum absolute atomic E-state index is 0. The van der Waals surface area contributed by atoms with Gasteiger partial charge in [-0.2, -0.15) is 27.0 Å². The average Bonchev–Trinajstić information content (AvgIpc) is 3.65. The molecule has 3 aliphatic heterocycles. The van der Waals surface area contributed by atoms with Gasteiger partial charge in [0.05, 0.1) is 46.4 Å². The number of methoxy groups -OCH3 is 2. The Bertz CT molecular complexity index is 2420. The molecule has 0 saturated carbocycles. The first-order valence-corrected chi connectivity index (χ1v) is 20.4. The lowest BCUT2D eigenvalue weighted by Crippen LogP contribution is -2.41. The molecule has 7 rings (SSSR count). The summed E-state index contributed by atoms with van der Waals surface area (Å²) in [5.74, 6) is 1.32. The molecule has 4 aromatic carbocycles. The molecule has 0 spiro atoms. The molecule has 1 saturated heterocycles. The highest BCUT2D eigenvalue weighted by atomic mass is 35.5. The second-order valence-corrected chi connectivity index (χ2v) is 15.6. The van der Waals surface area contributed by atoms with E-state index in [9.17, 15) is 27.0 Å². The van der Waals surface area contributed by atoms with E-state index in [2.05, 4.69) is 23.9 Å². The maximum Gasteiger partial charge on any atom is 0.285 e. The zero-order chi connectivity index (χ0) is 39.9. The van der Waals surface area contributed by atoms with Crippen LogP contribution >= 0.6 is 12.4 Å². The second kappa shape index (κ2) is 18.6. The van der Waals surface area contributed by atoms with Crippen LogP contribution < -0.4 is 9.47 Å². The van der Waals surface area contributed by atoms with Crippen molar-refractivity contribution >= 4 is 56.6 Å². The summed E-state index contributed by atoms with van der Waals surface area (Å²) in [6.45, 7) is 6.40. The monoisotopic (exact) mass is 839 g/mol. The van der Waals surface area contributed by atoms with Gasteiger partial charge in [0.25, 0.3) is 20.0 Å². The highest BCUT2D eigenvalue weighted by Crippen LogP contribution is 2.30. The number of benzene rings is 4. The Labute approximate surface area is 337 Å². The van der Waals surface area contributed by atoms with Gasteiger partial charge in [0.2, 0.25) is 0 Å². The first-order valence-electron chi connectivity index (χ1n) is 17.5. The maximum absolute atomic E-state index is 12.5.